The molecular formula is H7AlB4MgO12. The van der Waals surface area contributed by atoms with Gasteiger partial charge >= 0.3 is 55.1 Å². The Balaban J connectivity index is -0.0000000257. The minimum Gasteiger partial charge on any atom is -0.907 e. The molecule has 0 fully saturated rings. The van der Waals surface area contributed by atoms with Gasteiger partial charge in [-0.2, -0.15) is 0 Å². The Morgan fingerprint density at radius 1 is 0.556 bits per heavy atom. The van der Waals surface area contributed by atoms with Crippen LogP contribution in [0.2, 0.25) is 0 Å². The van der Waals surface area contributed by atoms with Crippen molar-refractivity contribution in [2.75, 3.05) is 0 Å². The van der Waals surface area contributed by atoms with Crippen LogP contribution in [0.5, 0.6) is 0 Å². The predicted octanol–water partition coefficient (Wildman–Crippen LogP) is -12.1. The molecule has 18 heavy (non-hydrogen) atoms. The first-order chi connectivity index (χ1) is 6.93. The zero-order valence-electron chi connectivity index (χ0n) is 8.77. The van der Waals surface area contributed by atoms with Crippen LogP contribution < -0.4 is 25.1 Å². The normalized spacial score (nSPS) is 6.00. The predicted molar refractivity (Wildman–Crippen MR) is 50.1 cm³/mol. The van der Waals surface area contributed by atoms with Crippen LogP contribution in [0.1, 0.15) is 0 Å². The third-order valence-electron chi connectivity index (χ3n) is 0. The average Bonchev–Trinajstić information content (AvgIpc) is 1.76. The maximum absolute atomic E-state index is 8.53. The fourth-order valence-corrected chi connectivity index (χ4v) is 0. The molecule has 0 radical (unpaired) electrons. The van der Waals surface area contributed by atoms with Gasteiger partial charge in [0.15, 0.2) is 0 Å². The molecule has 0 aromatic rings. The van der Waals surface area contributed by atoms with Gasteiger partial charge in [-0.3, -0.25) is 7.32 Å². The van der Waals surface area contributed by atoms with E-state index in [1.165, 1.54) is 0 Å². The van der Waals surface area contributed by atoms with E-state index in [1.54, 1.807) is 0 Å². The van der Waals surface area contributed by atoms with Crippen LogP contribution >= 0.6 is 0 Å². The van der Waals surface area contributed by atoms with E-state index >= 15 is 0 Å². The molecule has 0 spiro atoms. The largest absolute Gasteiger partial charge is 3.00 e. The summed E-state index contributed by atoms with van der Waals surface area (Å²) >= 11 is 0. The van der Waals surface area contributed by atoms with Crippen LogP contribution in [-0.4, -0.2) is 105 Å². The fraction of sp³-hybridized carbons (Fsp3) is 0. The average molecular weight is 294 g/mol. The van der Waals surface area contributed by atoms with Crippen molar-refractivity contribution in [3.8, 4) is 0 Å². The third kappa shape index (κ3) is 3800. The molecular weight excluding hydrogens is 287 g/mol. The summed E-state index contributed by atoms with van der Waals surface area (Å²) in [5, 5.41) is 92.3. The molecule has 12 nitrogen and oxygen atoms in total. The van der Waals surface area contributed by atoms with Gasteiger partial charge in [-0.25, -0.2) is 0 Å². The van der Waals surface area contributed by atoms with Gasteiger partial charge in [0.2, 0.25) is 0 Å². The van der Waals surface area contributed by atoms with E-state index in [0.717, 1.165) is 0 Å². The molecule has 0 saturated heterocycles. The minimum atomic E-state index is -2.92. The summed E-state index contributed by atoms with van der Waals surface area (Å²) in [7, 11) is -9.92. The summed E-state index contributed by atoms with van der Waals surface area (Å²) in [5.41, 5.74) is 0. The van der Waals surface area contributed by atoms with Crippen LogP contribution in [0.4, 0.5) is 0 Å². The van der Waals surface area contributed by atoms with E-state index in [-0.39, 0.29) is 40.4 Å². The van der Waals surface area contributed by atoms with Gasteiger partial charge in [0.1, 0.15) is 0 Å². The SMILES string of the molecule is OB(O)O.OB(O)O.[Al+3].[Mg+2].[O-]B([O-])O.[O-]B([O-])[O-]. The molecule has 0 unspecified atom stereocenters. The number of rotatable bonds is 0. The Kier molecular flexibility index (Phi) is 62.4. The van der Waals surface area contributed by atoms with Crippen molar-refractivity contribution in [2.45, 2.75) is 0 Å². The van der Waals surface area contributed by atoms with Crippen LogP contribution in [0.3, 0.4) is 0 Å². The minimum absolute atomic E-state index is 0. The molecule has 0 bridgehead atoms. The number of hydrogen-bond acceptors (Lipinski definition) is 12. The molecule has 0 aliphatic heterocycles. The fourth-order valence-electron chi connectivity index (χ4n) is 0. The third-order valence-corrected chi connectivity index (χ3v) is 0. The molecule has 0 aliphatic rings. The Morgan fingerprint density at radius 2 is 0.556 bits per heavy atom. The maximum atomic E-state index is 8.53. The van der Waals surface area contributed by atoms with E-state index in [1.807, 2.05) is 0 Å². The molecule has 0 saturated carbocycles. The number of hydrogen-bond donors (Lipinski definition) is 7. The Labute approximate surface area is 130 Å². The van der Waals surface area contributed by atoms with E-state index in [2.05, 4.69) is 0 Å². The molecule has 0 rings (SSSR count). The van der Waals surface area contributed by atoms with Crippen molar-refractivity contribution in [1.82, 2.24) is 0 Å². The summed E-state index contributed by atoms with van der Waals surface area (Å²) in [6.07, 6.45) is 0. The first kappa shape index (κ1) is 36.5. The standard InChI is InChI=1S/Al.2BH3O3.BHO3.BO3.Mg/c;4*2-1(3)4;/h;2*2-4H;2H;;/q+3;;;-2;-3;+2. The summed E-state index contributed by atoms with van der Waals surface area (Å²) in [4.78, 5) is 0. The monoisotopic (exact) mass is 294 g/mol. The van der Waals surface area contributed by atoms with Crippen LogP contribution in [0.25, 0.3) is 0 Å². The van der Waals surface area contributed by atoms with Gasteiger partial charge in [-0.05, 0) is 0 Å². The zero-order valence-corrected chi connectivity index (χ0v) is 11.3. The second kappa shape index (κ2) is 30.8. The second-order valence-corrected chi connectivity index (χ2v) is 1.29. The van der Waals surface area contributed by atoms with E-state index in [4.69, 9.17) is 60.3 Å². The summed E-state index contributed by atoms with van der Waals surface area (Å²) in [6.45, 7) is 0. The van der Waals surface area contributed by atoms with Gasteiger partial charge < -0.3 is 60.3 Å². The first-order valence-corrected chi connectivity index (χ1v) is 2.99. The molecule has 0 heterocycles. The topological polar surface area (TPSA) is 257 Å². The molecule has 0 atom stereocenters. The Morgan fingerprint density at radius 3 is 0.556 bits per heavy atom. The van der Waals surface area contributed by atoms with Gasteiger partial charge in [-0.15, -0.1) is 0 Å². The Hall–Kier alpha value is 1.08. The van der Waals surface area contributed by atoms with Gasteiger partial charge in [0.25, 0.3) is 0 Å². The van der Waals surface area contributed by atoms with Gasteiger partial charge in [-0.1, -0.05) is 0 Å². The molecule has 0 amide bonds. The molecule has 0 aliphatic carbocycles. The van der Waals surface area contributed by atoms with Crippen molar-refractivity contribution >= 4 is 69.7 Å². The van der Waals surface area contributed by atoms with Crippen molar-refractivity contribution in [3.63, 3.8) is 0 Å². The smallest absolute Gasteiger partial charge is 0.907 e. The zero-order chi connectivity index (χ0) is 14.3. The molecule has 0 aromatic carbocycles. The van der Waals surface area contributed by atoms with Crippen molar-refractivity contribution < 1.29 is 60.3 Å². The second-order valence-electron chi connectivity index (χ2n) is 1.29. The molecule has 18 heteroatoms. The summed E-state index contributed by atoms with van der Waals surface area (Å²) in [6, 6.07) is 0. The summed E-state index contributed by atoms with van der Waals surface area (Å²) < 4.78 is 0. The first-order valence-electron chi connectivity index (χ1n) is 2.99. The van der Waals surface area contributed by atoms with Crippen LogP contribution in [0, 0.1) is 0 Å². The van der Waals surface area contributed by atoms with Crippen LogP contribution in [0.15, 0.2) is 0 Å². The van der Waals surface area contributed by atoms with E-state index in [0.29, 0.717) is 0 Å². The maximum Gasteiger partial charge on any atom is 3.00 e. The van der Waals surface area contributed by atoms with Gasteiger partial charge in [0.05, 0.1) is 7.32 Å². The summed E-state index contributed by atoms with van der Waals surface area (Å²) in [5.74, 6) is 0. The van der Waals surface area contributed by atoms with Crippen molar-refractivity contribution in [1.29, 1.82) is 0 Å². The molecule has 96 valence electrons. The van der Waals surface area contributed by atoms with Crippen molar-refractivity contribution in [3.05, 3.63) is 0 Å². The molecule has 0 aromatic heterocycles. The Bertz CT molecular complexity index is 67.1. The molecule has 7 N–H and O–H groups in total. The van der Waals surface area contributed by atoms with E-state index in [9.17, 15) is 0 Å². The van der Waals surface area contributed by atoms with Crippen LogP contribution in [-0.2, 0) is 0 Å². The van der Waals surface area contributed by atoms with E-state index < -0.39 is 29.3 Å². The van der Waals surface area contributed by atoms with Crippen molar-refractivity contribution in [2.24, 2.45) is 0 Å². The van der Waals surface area contributed by atoms with Gasteiger partial charge in [0, 0.05) is 0 Å². The quantitative estimate of drug-likeness (QED) is 0.205.